The van der Waals surface area contributed by atoms with Crippen molar-refractivity contribution in [2.45, 2.75) is 6.92 Å². The van der Waals surface area contributed by atoms with Crippen molar-refractivity contribution in [3.8, 4) is 5.75 Å². The van der Waals surface area contributed by atoms with Gasteiger partial charge in [0.2, 0.25) is 0 Å². The molecule has 0 spiro atoms. The van der Waals surface area contributed by atoms with Crippen molar-refractivity contribution in [3.05, 3.63) is 187 Å². The van der Waals surface area contributed by atoms with E-state index in [4.69, 9.17) is 9.47 Å². The van der Waals surface area contributed by atoms with Gasteiger partial charge in [-0.05, 0) is 95.9 Å². The molecule has 5 heteroatoms. The van der Waals surface area contributed by atoms with Gasteiger partial charge in [0.25, 0.3) is 0 Å². The quantitative estimate of drug-likeness (QED) is 0.0495. The molecule has 5 aromatic carbocycles. The topological polar surface area (TPSA) is 55.8 Å². The largest absolute Gasteiger partial charge is 0.423 e. The number of rotatable bonds is 11. The van der Waals surface area contributed by atoms with Crippen molar-refractivity contribution in [2.24, 2.45) is 0 Å². The Morgan fingerprint density at radius 1 is 0.609 bits per heavy atom. The SMILES string of the molecule is C=CC(=O)OC(=C)c1ccc(N(c2ccc(C)cc2)c2ccc(C=C(c3ccccc3)c3ccc(OC(=O)C=C)cc3)cc2)cc1. The van der Waals surface area contributed by atoms with Gasteiger partial charge in [-0.3, -0.25) is 0 Å². The van der Waals surface area contributed by atoms with Crippen LogP contribution in [0, 0.1) is 6.92 Å². The van der Waals surface area contributed by atoms with Gasteiger partial charge < -0.3 is 14.4 Å². The lowest BCUT2D eigenvalue weighted by Gasteiger charge is -2.26. The van der Waals surface area contributed by atoms with Crippen molar-refractivity contribution in [1.29, 1.82) is 0 Å². The number of esters is 2. The molecular weight excluding hydrogens is 570 g/mol. The zero-order valence-corrected chi connectivity index (χ0v) is 25.6. The maximum Gasteiger partial charge on any atom is 0.335 e. The van der Waals surface area contributed by atoms with Crippen molar-refractivity contribution in [3.63, 3.8) is 0 Å². The Kier molecular flexibility index (Phi) is 9.86. The first-order chi connectivity index (χ1) is 22.3. The Morgan fingerprint density at radius 2 is 1.11 bits per heavy atom. The molecule has 0 bridgehead atoms. The Balaban J connectivity index is 1.49. The highest BCUT2D eigenvalue weighted by Crippen LogP contribution is 2.36. The number of aryl methyl sites for hydroxylation is 1. The van der Waals surface area contributed by atoms with E-state index in [9.17, 15) is 9.59 Å². The maximum atomic E-state index is 11.7. The van der Waals surface area contributed by atoms with Crippen LogP contribution in [0.25, 0.3) is 17.4 Å². The first kappa shape index (κ1) is 31.2. The van der Waals surface area contributed by atoms with E-state index < -0.39 is 11.9 Å². The predicted molar refractivity (Wildman–Crippen MR) is 187 cm³/mol. The van der Waals surface area contributed by atoms with Gasteiger partial charge in [0.1, 0.15) is 11.5 Å². The molecular formula is C41H33NO4. The number of nitrogens with zero attached hydrogens (tertiary/aromatic N) is 1. The molecule has 0 saturated carbocycles. The molecule has 0 aliphatic heterocycles. The van der Waals surface area contributed by atoms with E-state index in [1.165, 1.54) is 5.56 Å². The van der Waals surface area contributed by atoms with Crippen LogP contribution in [0.5, 0.6) is 5.75 Å². The highest BCUT2D eigenvalue weighted by molar-refractivity contribution is 5.92. The molecule has 0 amide bonds. The minimum Gasteiger partial charge on any atom is -0.423 e. The first-order valence-electron chi connectivity index (χ1n) is 14.7. The van der Waals surface area contributed by atoms with E-state index in [-0.39, 0.29) is 5.76 Å². The number of carbonyl (C=O) groups excluding carboxylic acids is 2. The zero-order valence-electron chi connectivity index (χ0n) is 25.6. The Labute approximate surface area is 269 Å². The van der Waals surface area contributed by atoms with Crippen molar-refractivity contribution < 1.29 is 19.1 Å². The number of carbonyl (C=O) groups is 2. The van der Waals surface area contributed by atoms with Crippen LogP contribution < -0.4 is 9.64 Å². The van der Waals surface area contributed by atoms with E-state index in [2.05, 4.69) is 98.3 Å². The molecule has 0 fully saturated rings. The number of hydrogen-bond acceptors (Lipinski definition) is 5. The Hall–Kier alpha value is -6.20. The van der Waals surface area contributed by atoms with Crippen LogP contribution >= 0.6 is 0 Å². The van der Waals surface area contributed by atoms with Gasteiger partial charge in [-0.2, -0.15) is 0 Å². The second kappa shape index (κ2) is 14.5. The van der Waals surface area contributed by atoms with E-state index in [1.807, 2.05) is 54.6 Å². The minimum atomic E-state index is -0.550. The van der Waals surface area contributed by atoms with Gasteiger partial charge in [0.15, 0.2) is 0 Å². The summed E-state index contributed by atoms with van der Waals surface area (Å²) >= 11 is 0. The monoisotopic (exact) mass is 603 g/mol. The molecule has 0 N–H and O–H groups in total. The molecule has 5 rings (SSSR count). The Morgan fingerprint density at radius 3 is 1.67 bits per heavy atom. The molecule has 0 aliphatic rings. The fourth-order valence-electron chi connectivity index (χ4n) is 4.86. The lowest BCUT2D eigenvalue weighted by molar-refractivity contribution is -0.131. The standard InChI is InChI=1S/C41H33NO4/c1-5-40(43)45-30(4)32-16-24-37(25-17-32)42(35-20-12-29(3)13-21-35)36-22-14-31(15-23-36)28-39(33-10-8-7-9-11-33)34-18-26-38(27-19-34)46-41(44)6-2/h5-28H,1-2,4H2,3H3. The molecule has 0 heterocycles. The minimum absolute atomic E-state index is 0.260. The van der Waals surface area contributed by atoms with Crippen molar-refractivity contribution >= 4 is 46.4 Å². The van der Waals surface area contributed by atoms with Crippen LogP contribution in [0.3, 0.4) is 0 Å². The molecule has 5 nitrogen and oxygen atoms in total. The van der Waals surface area contributed by atoms with Crippen LogP contribution in [-0.2, 0) is 14.3 Å². The summed E-state index contributed by atoms with van der Waals surface area (Å²) in [4.78, 5) is 25.5. The summed E-state index contributed by atoms with van der Waals surface area (Å²) in [6.07, 6.45) is 4.40. The van der Waals surface area contributed by atoms with Gasteiger partial charge in [-0.1, -0.05) is 92.0 Å². The summed E-state index contributed by atoms with van der Waals surface area (Å²) in [6.45, 7) is 12.8. The second-order valence-corrected chi connectivity index (χ2v) is 10.4. The molecule has 46 heavy (non-hydrogen) atoms. The summed E-state index contributed by atoms with van der Waals surface area (Å²) in [5.74, 6) is -0.333. The number of anilines is 3. The predicted octanol–water partition coefficient (Wildman–Crippen LogP) is 9.85. The van der Waals surface area contributed by atoms with Crippen LogP contribution in [-0.4, -0.2) is 11.9 Å². The van der Waals surface area contributed by atoms with Gasteiger partial charge in [0, 0.05) is 34.8 Å². The summed E-state index contributed by atoms with van der Waals surface area (Å²) in [5.41, 5.74) is 8.85. The van der Waals surface area contributed by atoms with Crippen molar-refractivity contribution in [2.75, 3.05) is 4.90 Å². The second-order valence-electron chi connectivity index (χ2n) is 10.4. The van der Waals surface area contributed by atoms with Crippen molar-refractivity contribution in [1.82, 2.24) is 0 Å². The molecule has 0 aliphatic carbocycles. The molecule has 0 atom stereocenters. The third kappa shape index (κ3) is 7.65. The number of ether oxygens (including phenoxy) is 2. The van der Waals surface area contributed by atoms with E-state index in [0.29, 0.717) is 11.3 Å². The smallest absolute Gasteiger partial charge is 0.335 e. The average molecular weight is 604 g/mol. The molecule has 5 aromatic rings. The van der Waals surface area contributed by atoms with E-state index >= 15 is 0 Å². The van der Waals surface area contributed by atoms with Crippen LogP contribution in [0.4, 0.5) is 17.1 Å². The van der Waals surface area contributed by atoms with Gasteiger partial charge in [-0.15, -0.1) is 0 Å². The Bertz CT molecular complexity index is 1890. The first-order valence-corrected chi connectivity index (χ1v) is 14.7. The summed E-state index contributed by atoms with van der Waals surface area (Å²) in [6, 6.07) is 42.0. The van der Waals surface area contributed by atoms with E-state index in [0.717, 1.165) is 51.5 Å². The molecule has 0 aromatic heterocycles. The van der Waals surface area contributed by atoms with Crippen LogP contribution in [0.1, 0.15) is 27.8 Å². The molecule has 226 valence electrons. The van der Waals surface area contributed by atoms with Gasteiger partial charge in [0.05, 0.1) is 0 Å². The molecule has 0 saturated heterocycles. The third-order valence-corrected chi connectivity index (χ3v) is 7.23. The van der Waals surface area contributed by atoms with Gasteiger partial charge >= 0.3 is 11.9 Å². The highest BCUT2D eigenvalue weighted by Gasteiger charge is 2.14. The normalized spacial score (nSPS) is 10.8. The lowest BCUT2D eigenvalue weighted by atomic mass is 9.95. The number of benzene rings is 5. The molecule has 0 radical (unpaired) electrons. The fraction of sp³-hybridized carbons (Fsp3) is 0.0244. The average Bonchev–Trinajstić information content (AvgIpc) is 3.09. The lowest BCUT2D eigenvalue weighted by Crippen LogP contribution is -2.10. The molecule has 0 unspecified atom stereocenters. The van der Waals surface area contributed by atoms with Crippen LogP contribution in [0.2, 0.25) is 0 Å². The van der Waals surface area contributed by atoms with E-state index in [1.54, 1.807) is 12.1 Å². The third-order valence-electron chi connectivity index (χ3n) is 7.23. The van der Waals surface area contributed by atoms with Crippen LogP contribution in [0.15, 0.2) is 159 Å². The fourth-order valence-corrected chi connectivity index (χ4v) is 4.86. The highest BCUT2D eigenvalue weighted by atomic mass is 16.5. The summed E-state index contributed by atoms with van der Waals surface area (Å²) in [7, 11) is 0. The van der Waals surface area contributed by atoms with Gasteiger partial charge in [-0.25, -0.2) is 9.59 Å². The summed E-state index contributed by atoms with van der Waals surface area (Å²) < 4.78 is 10.5. The number of hydrogen-bond donors (Lipinski definition) is 0. The maximum absolute atomic E-state index is 11.7. The zero-order chi connectivity index (χ0) is 32.5. The summed E-state index contributed by atoms with van der Waals surface area (Å²) in [5, 5.41) is 0.